The summed E-state index contributed by atoms with van der Waals surface area (Å²) in [6, 6.07) is 0. The van der Waals surface area contributed by atoms with Crippen LogP contribution in [0.1, 0.15) is 59.3 Å². The average molecular weight is 404 g/mol. The Bertz CT molecular complexity index is 363. The van der Waals surface area contributed by atoms with Crippen LogP contribution in [-0.4, -0.2) is 28.3 Å². The van der Waals surface area contributed by atoms with E-state index in [1.807, 2.05) is 6.20 Å². The Balaban J connectivity index is 3.04. The van der Waals surface area contributed by atoms with E-state index in [0.717, 1.165) is 0 Å². The van der Waals surface area contributed by atoms with E-state index in [9.17, 15) is 0 Å². The third kappa shape index (κ3) is 5.51. The molecule has 1 aromatic rings. The van der Waals surface area contributed by atoms with Gasteiger partial charge < -0.3 is 0 Å². The summed E-state index contributed by atoms with van der Waals surface area (Å²) in [6.07, 6.45) is 11.6. The number of hydrogen-bond donors (Lipinski definition) is 0. The van der Waals surface area contributed by atoms with Crippen molar-refractivity contribution >= 4 is 33.7 Å². The van der Waals surface area contributed by atoms with E-state index in [1.165, 1.54) is 55.5 Å². The number of hydrogen-bond acceptors (Lipinski definition) is 2. The Labute approximate surface area is 133 Å². The molecule has 0 saturated heterocycles. The summed E-state index contributed by atoms with van der Waals surface area (Å²) in [5.41, 5.74) is 0. The zero-order valence-corrected chi connectivity index (χ0v) is 16.9. The maximum atomic E-state index is 6.11. The second-order valence-electron chi connectivity index (χ2n) is 5.82. The fraction of sp³-hybridized carbons (Fsp3) is 0.750. The Morgan fingerprint density at radius 1 is 0.900 bits per heavy atom. The van der Waals surface area contributed by atoms with Crippen molar-refractivity contribution in [2.45, 2.75) is 72.6 Å². The molecule has 1 aromatic heterocycles. The number of unbranched alkanes of at least 4 members (excludes halogenated alkanes) is 3. The first kappa shape index (κ1) is 18.2. The predicted molar refractivity (Wildman–Crippen MR) is 91.6 cm³/mol. The van der Waals surface area contributed by atoms with Crippen LogP contribution in [0.5, 0.6) is 0 Å². The monoisotopic (exact) mass is 404 g/mol. The fourth-order valence-electron chi connectivity index (χ4n) is 2.90. The molecule has 4 heteroatoms. The van der Waals surface area contributed by atoms with E-state index < -0.39 is 18.4 Å². The van der Waals surface area contributed by atoms with Gasteiger partial charge in [-0.3, -0.25) is 0 Å². The van der Waals surface area contributed by atoms with Gasteiger partial charge in [0.15, 0.2) is 0 Å². The molecule has 0 amide bonds. The maximum absolute atomic E-state index is 6.11. The van der Waals surface area contributed by atoms with Gasteiger partial charge in [0.2, 0.25) is 0 Å². The Morgan fingerprint density at radius 2 is 1.40 bits per heavy atom. The van der Waals surface area contributed by atoms with E-state index in [0.29, 0.717) is 5.15 Å². The Kier molecular flexibility index (Phi) is 9.10. The normalized spacial score (nSPS) is 11.8. The molecule has 0 radical (unpaired) electrons. The van der Waals surface area contributed by atoms with Crippen LogP contribution < -0.4 is 3.71 Å². The van der Waals surface area contributed by atoms with Gasteiger partial charge in [-0.05, 0) is 0 Å². The summed E-state index contributed by atoms with van der Waals surface area (Å²) in [7, 11) is 0. The summed E-state index contributed by atoms with van der Waals surface area (Å²) >= 11 is 3.72. The average Bonchev–Trinajstić information content (AvgIpc) is 2.47. The van der Waals surface area contributed by atoms with Crippen molar-refractivity contribution in [1.29, 1.82) is 0 Å². The number of halogens is 1. The van der Waals surface area contributed by atoms with Crippen molar-refractivity contribution in [2.75, 3.05) is 0 Å². The summed E-state index contributed by atoms with van der Waals surface area (Å²) in [5, 5.41) is 0.577. The summed E-state index contributed by atoms with van der Waals surface area (Å²) in [6.45, 7) is 6.87. The van der Waals surface area contributed by atoms with Crippen LogP contribution in [0.2, 0.25) is 18.5 Å². The van der Waals surface area contributed by atoms with E-state index in [4.69, 9.17) is 16.6 Å². The molecule has 114 valence electrons. The van der Waals surface area contributed by atoms with Crippen molar-refractivity contribution < 1.29 is 0 Å². The van der Waals surface area contributed by atoms with Gasteiger partial charge in [-0.25, -0.2) is 0 Å². The van der Waals surface area contributed by atoms with Gasteiger partial charge in [-0.15, -0.1) is 0 Å². The zero-order chi connectivity index (χ0) is 14.8. The topological polar surface area (TPSA) is 25.8 Å². The molecule has 2 nitrogen and oxygen atoms in total. The molecule has 20 heavy (non-hydrogen) atoms. The first-order valence-electron chi connectivity index (χ1n) is 8.16. The summed E-state index contributed by atoms with van der Waals surface area (Å²) in [5.74, 6) is 0. The molecule has 1 rings (SSSR count). The molecule has 0 aromatic carbocycles. The second kappa shape index (κ2) is 9.99. The minimum atomic E-state index is -2.40. The van der Waals surface area contributed by atoms with Crippen LogP contribution in [0.3, 0.4) is 0 Å². The van der Waals surface area contributed by atoms with Crippen LogP contribution in [0.4, 0.5) is 0 Å². The molecular weight excluding hydrogens is 374 g/mol. The summed E-state index contributed by atoms with van der Waals surface area (Å²) < 4.78 is 5.57. The summed E-state index contributed by atoms with van der Waals surface area (Å²) in [4.78, 5) is 9.03. The van der Waals surface area contributed by atoms with Crippen LogP contribution in [0.15, 0.2) is 12.4 Å². The van der Waals surface area contributed by atoms with Crippen molar-refractivity contribution in [3.05, 3.63) is 17.5 Å². The number of rotatable bonds is 10. The van der Waals surface area contributed by atoms with Gasteiger partial charge in [0.05, 0.1) is 0 Å². The first-order valence-corrected chi connectivity index (χ1v) is 16.0. The first-order chi connectivity index (χ1) is 9.68. The molecule has 1 heterocycles. The molecular formula is C16H29ClN2Sn. The molecule has 0 fully saturated rings. The standard InChI is InChI=1S/C4H2ClN2.3C4H9.Sn/c5-4-3-6-1-2-7-4;3*1-3-4-2;/h1,3H;3*1,3-4H2,2H3;. The van der Waals surface area contributed by atoms with Crippen LogP contribution >= 0.6 is 11.6 Å². The van der Waals surface area contributed by atoms with Gasteiger partial charge >= 0.3 is 134 Å². The van der Waals surface area contributed by atoms with Crippen LogP contribution in [-0.2, 0) is 0 Å². The van der Waals surface area contributed by atoms with E-state index >= 15 is 0 Å². The minimum absolute atomic E-state index is 0.577. The van der Waals surface area contributed by atoms with Gasteiger partial charge in [-0.1, -0.05) is 0 Å². The van der Waals surface area contributed by atoms with Crippen molar-refractivity contribution in [3.8, 4) is 0 Å². The number of nitrogens with zero attached hydrogens (tertiary/aromatic N) is 2. The Hall–Kier alpha value is 0.169. The molecule has 0 N–H and O–H groups in total. The van der Waals surface area contributed by atoms with Crippen LogP contribution in [0, 0.1) is 0 Å². The molecule has 0 atom stereocenters. The van der Waals surface area contributed by atoms with E-state index in [-0.39, 0.29) is 0 Å². The van der Waals surface area contributed by atoms with E-state index in [1.54, 1.807) is 6.20 Å². The predicted octanol–water partition coefficient (Wildman–Crippen LogP) is 5.19. The van der Waals surface area contributed by atoms with Gasteiger partial charge in [-0.2, -0.15) is 0 Å². The van der Waals surface area contributed by atoms with Crippen molar-refractivity contribution in [2.24, 2.45) is 0 Å². The molecule has 0 spiro atoms. The second-order valence-corrected chi connectivity index (χ2v) is 19.3. The Morgan fingerprint density at radius 3 is 1.80 bits per heavy atom. The quantitative estimate of drug-likeness (QED) is 0.503. The van der Waals surface area contributed by atoms with Gasteiger partial charge in [0.25, 0.3) is 0 Å². The molecule has 0 aliphatic heterocycles. The van der Waals surface area contributed by atoms with E-state index in [2.05, 4.69) is 25.8 Å². The molecule has 0 unspecified atom stereocenters. The van der Waals surface area contributed by atoms with Gasteiger partial charge in [0, 0.05) is 0 Å². The van der Waals surface area contributed by atoms with Crippen molar-refractivity contribution in [3.63, 3.8) is 0 Å². The third-order valence-electron chi connectivity index (χ3n) is 4.18. The fourth-order valence-corrected chi connectivity index (χ4v) is 18.4. The molecule has 0 bridgehead atoms. The van der Waals surface area contributed by atoms with Crippen LogP contribution in [0.25, 0.3) is 0 Å². The zero-order valence-electron chi connectivity index (χ0n) is 13.3. The molecule has 0 aliphatic carbocycles. The molecule has 0 saturated carbocycles. The third-order valence-corrected chi connectivity index (χ3v) is 19.4. The molecule has 0 aliphatic rings. The van der Waals surface area contributed by atoms with Crippen molar-refractivity contribution in [1.82, 2.24) is 9.97 Å². The SMILES string of the molecule is CCC[CH2][Sn]([CH2]CCC)([CH2]CCC)[c]1cncc(Cl)n1. The van der Waals surface area contributed by atoms with Gasteiger partial charge in [0.1, 0.15) is 0 Å². The number of aromatic nitrogens is 2.